The summed E-state index contributed by atoms with van der Waals surface area (Å²) in [5.74, 6) is 1.34. The highest BCUT2D eigenvalue weighted by Gasteiger charge is 2.15. The molecule has 4 nitrogen and oxygen atoms in total. The topological polar surface area (TPSA) is 50.7 Å². The minimum atomic E-state index is -0.0133. The fourth-order valence-electron chi connectivity index (χ4n) is 2.60. The van der Waals surface area contributed by atoms with E-state index in [4.69, 9.17) is 14.6 Å². The van der Waals surface area contributed by atoms with Crippen LogP contribution in [0.25, 0.3) is 0 Å². The number of hydrogen-bond acceptors (Lipinski definition) is 5. The number of methoxy groups -OCH3 is 1. The largest absolute Gasteiger partial charge is 0.493 e. The van der Waals surface area contributed by atoms with Crippen LogP contribution in [0.4, 0.5) is 0 Å². The van der Waals surface area contributed by atoms with E-state index in [2.05, 4.69) is 37.5 Å². The first kappa shape index (κ1) is 17.8. The van der Waals surface area contributed by atoms with Crippen LogP contribution in [0.5, 0.6) is 11.5 Å². The van der Waals surface area contributed by atoms with E-state index in [9.17, 15) is 0 Å². The van der Waals surface area contributed by atoms with E-state index in [0.717, 1.165) is 5.56 Å². The van der Waals surface area contributed by atoms with Crippen LogP contribution in [0.15, 0.2) is 29.6 Å². The van der Waals surface area contributed by atoms with Gasteiger partial charge in [-0.2, -0.15) is 0 Å². The Kier molecular flexibility index (Phi) is 6.45. The van der Waals surface area contributed by atoms with Crippen molar-refractivity contribution in [3.63, 3.8) is 0 Å². The van der Waals surface area contributed by atoms with E-state index in [1.54, 1.807) is 18.4 Å². The fourth-order valence-corrected chi connectivity index (χ4v) is 3.55. The van der Waals surface area contributed by atoms with Crippen molar-refractivity contribution in [2.45, 2.75) is 32.9 Å². The van der Waals surface area contributed by atoms with Gasteiger partial charge in [0.1, 0.15) is 6.61 Å². The van der Waals surface area contributed by atoms with Crippen molar-refractivity contribution >= 4 is 11.3 Å². The zero-order chi connectivity index (χ0) is 16.8. The molecule has 0 saturated carbocycles. The lowest BCUT2D eigenvalue weighted by Gasteiger charge is -2.21. The molecular formula is C18H25NO3S. The summed E-state index contributed by atoms with van der Waals surface area (Å²) in [6.45, 7) is 6.72. The lowest BCUT2D eigenvalue weighted by atomic mass is 10.1. The summed E-state index contributed by atoms with van der Waals surface area (Å²) in [6.07, 6.45) is 0. The molecule has 1 aromatic heterocycles. The minimum Gasteiger partial charge on any atom is -0.493 e. The zero-order valence-corrected chi connectivity index (χ0v) is 14.9. The normalized spacial score (nSPS) is 13.6. The molecule has 0 amide bonds. The summed E-state index contributed by atoms with van der Waals surface area (Å²) in [4.78, 5) is 1.37. The van der Waals surface area contributed by atoms with Gasteiger partial charge in [0.2, 0.25) is 0 Å². The molecule has 2 rings (SSSR count). The van der Waals surface area contributed by atoms with E-state index >= 15 is 0 Å². The van der Waals surface area contributed by atoms with Crippen molar-refractivity contribution in [1.29, 1.82) is 0 Å². The van der Waals surface area contributed by atoms with Crippen molar-refractivity contribution in [3.05, 3.63) is 45.6 Å². The van der Waals surface area contributed by atoms with Crippen LogP contribution in [0.2, 0.25) is 0 Å². The number of nitrogens with one attached hydrogen (secondary N) is 1. The minimum absolute atomic E-state index is 0.0133. The highest BCUT2D eigenvalue weighted by Crippen LogP contribution is 2.32. The molecule has 2 unspecified atom stereocenters. The maximum atomic E-state index is 8.87. The van der Waals surface area contributed by atoms with Gasteiger partial charge >= 0.3 is 0 Å². The Hall–Kier alpha value is -1.56. The lowest BCUT2D eigenvalue weighted by molar-refractivity contribution is 0.196. The maximum absolute atomic E-state index is 8.87. The van der Waals surface area contributed by atoms with Gasteiger partial charge in [0.15, 0.2) is 11.5 Å². The molecule has 0 aliphatic carbocycles. The summed E-state index contributed by atoms with van der Waals surface area (Å²) in [6, 6.07) is 8.54. The average molecular weight is 335 g/mol. The second-order valence-corrected chi connectivity index (χ2v) is 6.51. The Morgan fingerprint density at radius 1 is 1.17 bits per heavy atom. The molecule has 2 N–H and O–H groups in total. The summed E-state index contributed by atoms with van der Waals surface area (Å²) in [5.41, 5.74) is 2.46. The van der Waals surface area contributed by atoms with Gasteiger partial charge in [0.25, 0.3) is 0 Å². The average Bonchev–Trinajstić information content (AvgIpc) is 2.98. The van der Waals surface area contributed by atoms with E-state index in [1.165, 1.54) is 10.4 Å². The Morgan fingerprint density at radius 2 is 1.96 bits per heavy atom. The van der Waals surface area contributed by atoms with Crippen molar-refractivity contribution in [2.75, 3.05) is 20.3 Å². The molecule has 2 atom stereocenters. The molecule has 5 heteroatoms. The van der Waals surface area contributed by atoms with Crippen LogP contribution >= 0.6 is 11.3 Å². The van der Waals surface area contributed by atoms with Crippen LogP contribution < -0.4 is 14.8 Å². The van der Waals surface area contributed by atoms with Crippen LogP contribution in [0, 0.1) is 6.92 Å². The number of thiophene rings is 1. The lowest BCUT2D eigenvalue weighted by Crippen LogP contribution is -2.22. The molecule has 0 fully saturated rings. The standard InChI is InChI=1S/C18H25NO3S/c1-12-7-10-23-18(12)14(3)19-13(2)15-5-6-16(22-9-8-20)17(11-15)21-4/h5-7,10-11,13-14,19-20H,8-9H2,1-4H3. The molecular weight excluding hydrogens is 310 g/mol. The highest BCUT2D eigenvalue weighted by atomic mass is 32.1. The first-order valence-corrected chi connectivity index (χ1v) is 8.66. The molecule has 23 heavy (non-hydrogen) atoms. The second-order valence-electron chi connectivity index (χ2n) is 5.56. The summed E-state index contributed by atoms with van der Waals surface area (Å²) in [7, 11) is 1.63. The predicted molar refractivity (Wildman–Crippen MR) is 94.6 cm³/mol. The van der Waals surface area contributed by atoms with E-state index in [0.29, 0.717) is 17.5 Å². The Balaban J connectivity index is 2.09. The molecule has 0 saturated heterocycles. The molecule has 0 radical (unpaired) electrons. The smallest absolute Gasteiger partial charge is 0.161 e. The number of rotatable bonds is 8. The molecule has 1 heterocycles. The number of aliphatic hydroxyl groups excluding tert-OH is 1. The molecule has 0 aliphatic rings. The van der Waals surface area contributed by atoms with E-state index in [-0.39, 0.29) is 19.3 Å². The first-order chi connectivity index (χ1) is 11.1. The number of hydrogen-bond donors (Lipinski definition) is 2. The van der Waals surface area contributed by atoms with Gasteiger partial charge in [-0.1, -0.05) is 6.07 Å². The van der Waals surface area contributed by atoms with Crippen molar-refractivity contribution in [3.8, 4) is 11.5 Å². The second kappa shape index (κ2) is 8.34. The number of aryl methyl sites for hydroxylation is 1. The number of benzene rings is 1. The van der Waals surface area contributed by atoms with Crippen molar-refractivity contribution in [2.24, 2.45) is 0 Å². The van der Waals surface area contributed by atoms with Gasteiger partial charge in [-0.15, -0.1) is 11.3 Å². The van der Waals surface area contributed by atoms with Gasteiger partial charge in [0, 0.05) is 17.0 Å². The third-order valence-corrected chi connectivity index (χ3v) is 5.03. The van der Waals surface area contributed by atoms with Gasteiger partial charge < -0.3 is 19.9 Å². The summed E-state index contributed by atoms with van der Waals surface area (Å²) in [5, 5.41) is 14.6. The Morgan fingerprint density at radius 3 is 2.57 bits per heavy atom. The number of aliphatic hydroxyl groups is 1. The monoisotopic (exact) mass is 335 g/mol. The van der Waals surface area contributed by atoms with E-state index in [1.807, 2.05) is 18.2 Å². The zero-order valence-electron chi connectivity index (χ0n) is 14.1. The van der Waals surface area contributed by atoms with Crippen LogP contribution in [-0.2, 0) is 0 Å². The van der Waals surface area contributed by atoms with Crippen LogP contribution in [-0.4, -0.2) is 25.4 Å². The third kappa shape index (κ3) is 4.47. The van der Waals surface area contributed by atoms with Crippen molar-refractivity contribution < 1.29 is 14.6 Å². The van der Waals surface area contributed by atoms with E-state index < -0.39 is 0 Å². The third-order valence-electron chi connectivity index (χ3n) is 3.83. The van der Waals surface area contributed by atoms with Gasteiger partial charge in [-0.25, -0.2) is 0 Å². The molecule has 0 bridgehead atoms. The number of ether oxygens (including phenoxy) is 2. The van der Waals surface area contributed by atoms with Crippen LogP contribution in [0.3, 0.4) is 0 Å². The maximum Gasteiger partial charge on any atom is 0.161 e. The van der Waals surface area contributed by atoms with Crippen LogP contribution in [0.1, 0.15) is 41.9 Å². The SMILES string of the molecule is COc1cc(C(C)NC(C)c2sccc2C)ccc1OCCO. The highest BCUT2D eigenvalue weighted by molar-refractivity contribution is 7.10. The quantitative estimate of drug-likeness (QED) is 0.769. The van der Waals surface area contributed by atoms with Gasteiger partial charge in [-0.05, 0) is 55.5 Å². The summed E-state index contributed by atoms with van der Waals surface area (Å²) >= 11 is 1.78. The van der Waals surface area contributed by atoms with Gasteiger partial charge in [-0.3, -0.25) is 0 Å². The Labute approximate surface area is 142 Å². The predicted octanol–water partition coefficient (Wildman–Crippen LogP) is 3.85. The molecule has 1 aromatic carbocycles. The molecule has 0 spiro atoms. The van der Waals surface area contributed by atoms with Gasteiger partial charge in [0.05, 0.1) is 13.7 Å². The first-order valence-electron chi connectivity index (χ1n) is 7.78. The summed E-state index contributed by atoms with van der Waals surface area (Å²) < 4.78 is 10.9. The van der Waals surface area contributed by atoms with Crippen molar-refractivity contribution in [1.82, 2.24) is 5.32 Å². The molecule has 2 aromatic rings. The molecule has 126 valence electrons. The fraction of sp³-hybridized carbons (Fsp3) is 0.444. The molecule has 0 aliphatic heterocycles. The Bertz CT molecular complexity index is 626.